The lowest BCUT2D eigenvalue weighted by Crippen LogP contribution is -2.71. The van der Waals surface area contributed by atoms with Gasteiger partial charge in [0.1, 0.15) is 34.8 Å². The van der Waals surface area contributed by atoms with Crippen LogP contribution in [-0.4, -0.2) is 47.8 Å². The molecule has 1 saturated carbocycles. The predicted molar refractivity (Wildman–Crippen MR) is 143 cm³/mol. The second-order valence-electron chi connectivity index (χ2n) is 11.0. The molecule has 0 aromatic carbocycles. The van der Waals surface area contributed by atoms with Crippen molar-refractivity contribution in [1.29, 1.82) is 5.26 Å². The van der Waals surface area contributed by atoms with E-state index < -0.39 is 37.6 Å². The summed E-state index contributed by atoms with van der Waals surface area (Å²) in [6.07, 6.45) is 2.60. The number of aliphatic imine (C=N–C) groups is 1. The maximum Gasteiger partial charge on any atom is 0.410 e. The Hall–Kier alpha value is -3.14. The molecule has 1 saturated heterocycles. The zero-order chi connectivity index (χ0) is 27.5. The number of rotatable bonds is 4. The maximum absolute atomic E-state index is 15.5. The van der Waals surface area contributed by atoms with E-state index in [1.165, 1.54) is 24.4 Å². The fourth-order valence-corrected chi connectivity index (χ4v) is 9.68. The summed E-state index contributed by atoms with van der Waals surface area (Å²) in [5.41, 5.74) is -0.638. The molecule has 38 heavy (non-hydrogen) atoms. The lowest BCUT2D eigenvalue weighted by atomic mass is 9.84. The predicted octanol–water partition coefficient (Wildman–Crippen LogP) is 3.50. The number of amides is 1. The highest BCUT2D eigenvalue weighted by atomic mass is 35.5. The van der Waals surface area contributed by atoms with Crippen molar-refractivity contribution in [2.45, 2.75) is 62.1 Å². The van der Waals surface area contributed by atoms with Gasteiger partial charge in [0, 0.05) is 12.7 Å². The Labute approximate surface area is 225 Å². The molecular weight excluding hydrogens is 533 g/mol. The Morgan fingerprint density at radius 2 is 2.11 bits per heavy atom. The van der Waals surface area contributed by atoms with E-state index in [-0.39, 0.29) is 23.5 Å². The number of nitrogens with zero attached hydrogens (tertiary/aromatic N) is 4. The fraction of sp³-hybridized carbons (Fsp3) is 0.480. The normalized spacial score (nSPS) is 26.8. The van der Waals surface area contributed by atoms with Crippen molar-refractivity contribution in [2.75, 3.05) is 11.9 Å². The van der Waals surface area contributed by atoms with Gasteiger partial charge in [0.25, 0.3) is 0 Å². The summed E-state index contributed by atoms with van der Waals surface area (Å²) in [7, 11) is -3.36. The number of pyridine rings is 2. The minimum Gasteiger partial charge on any atom is -0.465 e. The number of nitrogens with one attached hydrogen (secondary N) is 3. The average molecular weight is 562 g/mol. The molecule has 4 N–H and O–H groups in total. The van der Waals surface area contributed by atoms with Crippen molar-refractivity contribution in [2.24, 2.45) is 10.4 Å². The van der Waals surface area contributed by atoms with Crippen LogP contribution in [0.25, 0.3) is 0 Å². The number of carboxylic acid groups (broad SMARTS) is 1. The van der Waals surface area contributed by atoms with E-state index in [9.17, 15) is 14.1 Å². The number of amidine groups is 1. The Balaban J connectivity index is 1.56. The van der Waals surface area contributed by atoms with E-state index in [2.05, 4.69) is 25.3 Å². The topological polar surface area (TPSA) is 152 Å². The number of fused-ring (bicyclic) bond motifs is 1. The van der Waals surface area contributed by atoms with Gasteiger partial charge >= 0.3 is 6.09 Å². The Morgan fingerprint density at radius 1 is 1.37 bits per heavy atom. The first kappa shape index (κ1) is 26.5. The van der Waals surface area contributed by atoms with Gasteiger partial charge in [0.2, 0.25) is 0 Å². The number of aromatic nitrogens is 2. The van der Waals surface area contributed by atoms with Gasteiger partial charge < -0.3 is 10.4 Å². The molecule has 2 fully saturated rings. The van der Waals surface area contributed by atoms with Gasteiger partial charge in [-0.15, -0.1) is 0 Å². The molecule has 2 aromatic rings. The molecule has 1 aliphatic carbocycles. The van der Waals surface area contributed by atoms with Crippen LogP contribution in [0, 0.1) is 22.6 Å². The number of halogens is 2. The highest BCUT2D eigenvalue weighted by Crippen LogP contribution is 2.59. The van der Waals surface area contributed by atoms with E-state index >= 15 is 4.39 Å². The summed E-state index contributed by atoms with van der Waals surface area (Å²) < 4.78 is 32.4. The first-order valence-electron chi connectivity index (χ1n) is 12.2. The minimum absolute atomic E-state index is 0.0134. The quantitative estimate of drug-likeness (QED) is 0.358. The summed E-state index contributed by atoms with van der Waals surface area (Å²) >= 11 is 6.24. The number of carbonyl (C=O) groups is 1. The molecule has 2 aromatic heterocycles. The number of nitriles is 1. The highest BCUT2D eigenvalue weighted by Gasteiger charge is 2.64. The van der Waals surface area contributed by atoms with Crippen LogP contribution < -0.4 is 15.4 Å². The van der Waals surface area contributed by atoms with Crippen LogP contribution in [0.3, 0.4) is 0 Å². The number of thiol groups is 1. The summed E-state index contributed by atoms with van der Waals surface area (Å²) in [6, 6.07) is 6.21. The molecule has 0 unspecified atom stereocenters. The van der Waals surface area contributed by atoms with Gasteiger partial charge in [0.15, 0.2) is 0 Å². The lowest BCUT2D eigenvalue weighted by molar-refractivity contribution is 0.199. The van der Waals surface area contributed by atoms with Gasteiger partial charge in [-0.1, -0.05) is 11.6 Å². The van der Waals surface area contributed by atoms with Crippen LogP contribution in [0.2, 0.25) is 5.02 Å². The van der Waals surface area contributed by atoms with Gasteiger partial charge in [-0.2, -0.15) is 5.26 Å². The molecule has 5 rings (SSSR count). The third kappa shape index (κ3) is 4.22. The van der Waals surface area contributed by atoms with Crippen LogP contribution in [0.5, 0.6) is 0 Å². The molecule has 2 aliphatic heterocycles. The van der Waals surface area contributed by atoms with Crippen LogP contribution in [-0.2, 0) is 22.2 Å². The first-order chi connectivity index (χ1) is 17.8. The van der Waals surface area contributed by atoms with Crippen molar-refractivity contribution in [3.63, 3.8) is 0 Å². The van der Waals surface area contributed by atoms with Gasteiger partial charge in [-0.05, 0) is 73.8 Å². The van der Waals surface area contributed by atoms with Crippen LogP contribution >= 0.6 is 11.6 Å². The average Bonchev–Trinajstić information content (AvgIpc) is 3.63. The van der Waals surface area contributed by atoms with E-state index in [0.717, 1.165) is 12.8 Å². The molecule has 1 spiro atoms. The van der Waals surface area contributed by atoms with E-state index in [1.807, 2.05) is 6.07 Å². The molecule has 13 heteroatoms. The Bertz CT molecular complexity index is 1450. The number of hydrogen-bond donors (Lipinski definition) is 5. The third-order valence-electron chi connectivity index (χ3n) is 8.15. The molecule has 1 amide bonds. The molecular formula is C25H29ClFN7O3S. The van der Waals surface area contributed by atoms with Gasteiger partial charge in [0.05, 0.1) is 32.8 Å². The molecule has 4 heterocycles. The maximum atomic E-state index is 15.5. The van der Waals surface area contributed by atoms with Crippen molar-refractivity contribution in [3.8, 4) is 6.07 Å². The third-order valence-corrected chi connectivity index (χ3v) is 12.5. The standard InChI is InChI=1S/C25H29ClFN7O3S/c1-23(2)21(33-22(35)36)34-24(3,18-9-25(6-7-25)13-31-38(18,23)37)20-16(27)4-5-19(32-20)30-12-17-15(26)8-14(10-28)11-29-17/h4-5,8,11,18,38H,6-7,9,12-13H2,1-3H3,(H,30,32)(H,31,37)(H,33,34)(H,35,36)/t18-,24+/m1/s1. The van der Waals surface area contributed by atoms with Crippen molar-refractivity contribution in [1.82, 2.24) is 20.0 Å². The number of anilines is 1. The molecule has 10 nitrogen and oxygen atoms in total. The van der Waals surface area contributed by atoms with E-state index in [0.29, 0.717) is 35.1 Å². The fourth-order valence-electron chi connectivity index (χ4n) is 5.53. The van der Waals surface area contributed by atoms with Crippen LogP contribution in [0.15, 0.2) is 29.4 Å². The Kier molecular flexibility index (Phi) is 6.24. The molecule has 2 atom stereocenters. The molecule has 0 bridgehead atoms. The van der Waals surface area contributed by atoms with Crippen LogP contribution in [0.1, 0.15) is 57.0 Å². The van der Waals surface area contributed by atoms with Crippen molar-refractivity contribution < 1.29 is 18.5 Å². The zero-order valence-electron chi connectivity index (χ0n) is 21.2. The van der Waals surface area contributed by atoms with Gasteiger partial charge in [-0.25, -0.2) is 14.2 Å². The summed E-state index contributed by atoms with van der Waals surface area (Å²) in [4.78, 5) is 25.2. The lowest BCUT2D eigenvalue weighted by Gasteiger charge is -2.57. The number of hydrogen-bond acceptors (Lipinski definition) is 7. The SMILES string of the molecule is CC1(C)C(NC(=O)O)=N[C@](C)(c2nc(NCc3ncc(C#N)cc3Cl)ccc2F)[C@H]2CC3(CC3)CN[SH]21=O. The second kappa shape index (κ2) is 8.97. The molecule has 3 aliphatic rings. The second-order valence-corrected chi connectivity index (χ2v) is 14.7. The zero-order valence-corrected chi connectivity index (χ0v) is 22.8. The van der Waals surface area contributed by atoms with Crippen molar-refractivity contribution >= 4 is 39.5 Å². The summed E-state index contributed by atoms with van der Waals surface area (Å²) in [5, 5.41) is 23.7. The van der Waals surface area contributed by atoms with Crippen molar-refractivity contribution in [3.05, 3.63) is 52.2 Å². The molecule has 0 radical (unpaired) electrons. The summed E-state index contributed by atoms with van der Waals surface area (Å²) in [6.45, 7) is 5.83. The van der Waals surface area contributed by atoms with E-state index in [1.54, 1.807) is 20.8 Å². The smallest absolute Gasteiger partial charge is 0.410 e. The summed E-state index contributed by atoms with van der Waals surface area (Å²) in [5.74, 6) is -0.301. The first-order valence-corrected chi connectivity index (χ1v) is 14.4. The Morgan fingerprint density at radius 3 is 2.74 bits per heavy atom. The van der Waals surface area contributed by atoms with Gasteiger partial charge in [-0.3, -0.25) is 24.2 Å². The van der Waals surface area contributed by atoms with Crippen LogP contribution in [0.4, 0.5) is 15.0 Å². The monoisotopic (exact) mass is 561 g/mol. The minimum atomic E-state index is -3.36. The largest absolute Gasteiger partial charge is 0.465 e. The highest BCUT2D eigenvalue weighted by molar-refractivity contribution is 8.04. The molecule has 202 valence electrons. The van der Waals surface area contributed by atoms with E-state index in [4.69, 9.17) is 21.9 Å².